The second-order valence-electron chi connectivity index (χ2n) is 4.94. The summed E-state index contributed by atoms with van der Waals surface area (Å²) >= 11 is 0. The first kappa shape index (κ1) is 15.3. The van der Waals surface area contributed by atoms with Crippen LogP contribution in [0.3, 0.4) is 0 Å². The van der Waals surface area contributed by atoms with E-state index in [2.05, 4.69) is 15.1 Å². The van der Waals surface area contributed by atoms with Crippen LogP contribution in [0.25, 0.3) is 5.78 Å². The van der Waals surface area contributed by atoms with Crippen LogP contribution in [0.1, 0.15) is 24.0 Å². The highest BCUT2D eigenvalue weighted by Gasteiger charge is 2.37. The second kappa shape index (κ2) is 5.53. The van der Waals surface area contributed by atoms with Crippen LogP contribution in [0.15, 0.2) is 30.3 Å². The first-order chi connectivity index (χ1) is 10.9. The molecule has 0 unspecified atom stereocenters. The van der Waals surface area contributed by atoms with Crippen molar-refractivity contribution >= 4 is 5.78 Å². The zero-order valence-corrected chi connectivity index (χ0v) is 12.4. The van der Waals surface area contributed by atoms with Gasteiger partial charge in [-0.25, -0.2) is 4.98 Å². The van der Waals surface area contributed by atoms with Gasteiger partial charge < -0.3 is 4.74 Å². The van der Waals surface area contributed by atoms with E-state index in [-0.39, 0.29) is 11.7 Å². The van der Waals surface area contributed by atoms with Crippen molar-refractivity contribution in [2.24, 2.45) is 0 Å². The lowest BCUT2D eigenvalue weighted by molar-refractivity contribution is -0.144. The van der Waals surface area contributed by atoms with Crippen LogP contribution in [-0.2, 0) is 12.6 Å². The molecular weight excluding hydrogens is 309 g/mol. The van der Waals surface area contributed by atoms with Gasteiger partial charge in [0.2, 0.25) is 5.88 Å². The minimum absolute atomic E-state index is 0.136. The summed E-state index contributed by atoms with van der Waals surface area (Å²) in [6, 6.07) is 8.83. The second-order valence-corrected chi connectivity index (χ2v) is 4.94. The fraction of sp³-hybridized carbons (Fsp3) is 0.267. The third-order valence-electron chi connectivity index (χ3n) is 3.23. The molecule has 0 spiro atoms. The van der Waals surface area contributed by atoms with E-state index in [4.69, 9.17) is 4.74 Å². The molecule has 3 rings (SSSR count). The van der Waals surface area contributed by atoms with Gasteiger partial charge in [-0.1, -0.05) is 25.1 Å². The number of benzene rings is 1. The van der Waals surface area contributed by atoms with Gasteiger partial charge in [-0.05, 0) is 25.0 Å². The summed E-state index contributed by atoms with van der Waals surface area (Å²) in [6.07, 6.45) is -3.91. The minimum atomic E-state index is -4.64. The van der Waals surface area contributed by atoms with Gasteiger partial charge in [-0.15, -0.1) is 5.10 Å². The molecule has 0 saturated carbocycles. The molecule has 2 aromatic heterocycles. The Labute approximate surface area is 129 Å². The summed E-state index contributed by atoms with van der Waals surface area (Å²) in [7, 11) is 0. The molecule has 1 aromatic carbocycles. The number of fused-ring (bicyclic) bond motifs is 1. The Morgan fingerprint density at radius 3 is 2.61 bits per heavy atom. The summed E-state index contributed by atoms with van der Waals surface area (Å²) in [5.41, 5.74) is 1.42. The number of alkyl halides is 3. The molecule has 5 nitrogen and oxygen atoms in total. The Kier molecular flexibility index (Phi) is 3.67. The van der Waals surface area contributed by atoms with Crippen molar-refractivity contribution in [1.82, 2.24) is 19.6 Å². The molecule has 0 bridgehead atoms. The molecule has 0 amide bonds. The summed E-state index contributed by atoms with van der Waals surface area (Å²) in [5, 5.41) is 3.47. The number of rotatable bonds is 3. The van der Waals surface area contributed by atoms with Crippen molar-refractivity contribution in [1.29, 1.82) is 0 Å². The van der Waals surface area contributed by atoms with Gasteiger partial charge in [0.1, 0.15) is 5.75 Å². The maximum atomic E-state index is 12.8. The SMILES string of the molecule is CCc1ccccc1Oc1cc(C)nc2nc(C(F)(F)F)nn12. The lowest BCUT2D eigenvalue weighted by atomic mass is 10.1. The number of hydrogen-bond acceptors (Lipinski definition) is 4. The van der Waals surface area contributed by atoms with Crippen LogP contribution in [0, 0.1) is 6.92 Å². The number of para-hydroxylation sites is 1. The normalized spacial score (nSPS) is 11.9. The lowest BCUT2D eigenvalue weighted by Gasteiger charge is -2.10. The molecular formula is C15H13F3N4O. The predicted octanol–water partition coefficient (Wildman–Crippen LogP) is 3.81. The number of halogens is 3. The lowest BCUT2D eigenvalue weighted by Crippen LogP contribution is -2.08. The average molecular weight is 322 g/mol. The molecule has 3 aromatic rings. The number of nitrogens with zero attached hydrogens (tertiary/aromatic N) is 4. The molecule has 0 aliphatic carbocycles. The van der Waals surface area contributed by atoms with E-state index < -0.39 is 12.0 Å². The number of aryl methyl sites for hydroxylation is 2. The highest BCUT2D eigenvalue weighted by Crippen LogP contribution is 2.29. The van der Waals surface area contributed by atoms with E-state index in [1.165, 1.54) is 6.07 Å². The summed E-state index contributed by atoms with van der Waals surface area (Å²) in [6.45, 7) is 3.62. The highest BCUT2D eigenvalue weighted by molar-refractivity contribution is 5.40. The van der Waals surface area contributed by atoms with Crippen LogP contribution >= 0.6 is 0 Å². The Morgan fingerprint density at radius 2 is 1.91 bits per heavy atom. The van der Waals surface area contributed by atoms with E-state index >= 15 is 0 Å². The van der Waals surface area contributed by atoms with Gasteiger partial charge in [0, 0.05) is 11.8 Å². The molecule has 2 heterocycles. The van der Waals surface area contributed by atoms with Crippen LogP contribution < -0.4 is 4.74 Å². The first-order valence-electron chi connectivity index (χ1n) is 6.96. The quantitative estimate of drug-likeness (QED) is 0.736. The summed E-state index contributed by atoms with van der Waals surface area (Å²) < 4.78 is 45.1. The maximum Gasteiger partial charge on any atom is 0.453 e. The van der Waals surface area contributed by atoms with Gasteiger partial charge in [-0.3, -0.25) is 0 Å². The number of aromatic nitrogens is 4. The standard InChI is InChI=1S/C15H13F3N4O/c1-3-10-6-4-5-7-11(10)23-12-8-9(2)19-14-20-13(15(16,17)18)21-22(12)14/h4-8H,3H2,1-2H3. The fourth-order valence-electron chi connectivity index (χ4n) is 2.15. The largest absolute Gasteiger partial charge is 0.453 e. The Hall–Kier alpha value is -2.64. The molecule has 23 heavy (non-hydrogen) atoms. The number of hydrogen-bond donors (Lipinski definition) is 0. The molecule has 0 N–H and O–H groups in total. The highest BCUT2D eigenvalue weighted by atomic mass is 19.4. The zero-order valence-electron chi connectivity index (χ0n) is 12.4. The monoisotopic (exact) mass is 322 g/mol. The molecule has 0 radical (unpaired) electrons. The van der Waals surface area contributed by atoms with E-state index in [0.717, 1.165) is 16.5 Å². The van der Waals surface area contributed by atoms with Gasteiger partial charge in [0.15, 0.2) is 0 Å². The van der Waals surface area contributed by atoms with Gasteiger partial charge in [-0.2, -0.15) is 22.7 Å². The van der Waals surface area contributed by atoms with Crippen molar-refractivity contribution in [3.05, 3.63) is 47.4 Å². The first-order valence-corrected chi connectivity index (χ1v) is 6.96. The zero-order chi connectivity index (χ0) is 16.6. The smallest absolute Gasteiger partial charge is 0.439 e. The van der Waals surface area contributed by atoms with Gasteiger partial charge in [0.25, 0.3) is 11.6 Å². The topological polar surface area (TPSA) is 52.3 Å². The van der Waals surface area contributed by atoms with Crippen molar-refractivity contribution in [2.75, 3.05) is 0 Å². The van der Waals surface area contributed by atoms with Crippen molar-refractivity contribution in [3.8, 4) is 11.6 Å². The third kappa shape index (κ3) is 2.96. The fourth-order valence-corrected chi connectivity index (χ4v) is 2.15. The average Bonchev–Trinajstić information content (AvgIpc) is 2.92. The van der Waals surface area contributed by atoms with E-state index in [9.17, 15) is 13.2 Å². The predicted molar refractivity (Wildman–Crippen MR) is 76.4 cm³/mol. The van der Waals surface area contributed by atoms with E-state index in [1.807, 2.05) is 19.1 Å². The Balaban J connectivity index is 2.11. The Morgan fingerprint density at radius 1 is 1.17 bits per heavy atom. The van der Waals surface area contributed by atoms with Crippen molar-refractivity contribution < 1.29 is 17.9 Å². The van der Waals surface area contributed by atoms with E-state index in [0.29, 0.717) is 11.4 Å². The minimum Gasteiger partial charge on any atom is -0.439 e. The van der Waals surface area contributed by atoms with Gasteiger partial charge >= 0.3 is 6.18 Å². The van der Waals surface area contributed by atoms with Crippen molar-refractivity contribution in [3.63, 3.8) is 0 Å². The molecule has 0 saturated heterocycles. The van der Waals surface area contributed by atoms with E-state index in [1.54, 1.807) is 19.1 Å². The third-order valence-corrected chi connectivity index (χ3v) is 3.23. The van der Waals surface area contributed by atoms with Crippen LogP contribution in [0.5, 0.6) is 11.6 Å². The Bertz CT molecular complexity index is 858. The van der Waals surface area contributed by atoms with Crippen molar-refractivity contribution in [2.45, 2.75) is 26.4 Å². The molecule has 0 atom stereocenters. The number of ether oxygens (including phenoxy) is 1. The molecule has 0 aliphatic rings. The van der Waals surface area contributed by atoms with Gasteiger partial charge in [0.05, 0.1) is 0 Å². The maximum absolute atomic E-state index is 12.8. The molecule has 8 heteroatoms. The molecule has 120 valence electrons. The molecule has 0 aliphatic heterocycles. The van der Waals surface area contributed by atoms with Crippen LogP contribution in [-0.4, -0.2) is 19.6 Å². The van der Waals surface area contributed by atoms with Crippen LogP contribution in [0.4, 0.5) is 13.2 Å². The summed E-state index contributed by atoms with van der Waals surface area (Å²) in [4.78, 5) is 7.39. The van der Waals surface area contributed by atoms with Crippen LogP contribution in [0.2, 0.25) is 0 Å². The summed E-state index contributed by atoms with van der Waals surface area (Å²) in [5.74, 6) is -0.701. The molecule has 0 fully saturated rings.